The number of allylic oxidation sites excluding steroid dienone is 1. The fourth-order valence-electron chi connectivity index (χ4n) is 4.66. The Labute approximate surface area is 187 Å². The lowest BCUT2D eigenvalue weighted by Gasteiger charge is -2.29. The van der Waals surface area contributed by atoms with E-state index in [0.29, 0.717) is 24.3 Å². The van der Waals surface area contributed by atoms with Crippen molar-refractivity contribution in [3.63, 3.8) is 0 Å². The smallest absolute Gasteiger partial charge is 0.163 e. The van der Waals surface area contributed by atoms with Crippen LogP contribution in [0.2, 0.25) is 0 Å². The molecule has 5 rings (SSSR count). The second kappa shape index (κ2) is 8.11. The van der Waals surface area contributed by atoms with Gasteiger partial charge >= 0.3 is 0 Å². The molecule has 1 aromatic heterocycles. The first-order valence-corrected chi connectivity index (χ1v) is 10.7. The number of hydrogen-bond donors (Lipinski definition) is 2. The third kappa shape index (κ3) is 3.51. The summed E-state index contributed by atoms with van der Waals surface area (Å²) in [7, 11) is 3.24. The van der Waals surface area contributed by atoms with E-state index in [1.165, 1.54) is 0 Å². The minimum absolute atomic E-state index is 0.0396. The van der Waals surface area contributed by atoms with Crippen LogP contribution in [0.3, 0.4) is 0 Å². The highest BCUT2D eigenvalue weighted by Gasteiger charge is 2.37. The topological polar surface area (TPSA) is 72.7 Å². The summed E-state index contributed by atoms with van der Waals surface area (Å²) in [5.41, 5.74) is 4.62. The van der Waals surface area contributed by atoms with Gasteiger partial charge in [0.15, 0.2) is 17.3 Å². The number of nitrogens with one attached hydrogen (secondary N) is 2. The Morgan fingerprint density at radius 2 is 1.72 bits per heavy atom. The van der Waals surface area contributed by atoms with Crippen molar-refractivity contribution in [2.75, 3.05) is 24.9 Å². The summed E-state index contributed by atoms with van der Waals surface area (Å²) in [6, 6.07) is 17.4. The average molecular weight is 431 g/mol. The number of carbonyl (C=O) groups is 1. The Kier molecular flexibility index (Phi) is 5.13. The van der Waals surface area contributed by atoms with Crippen molar-refractivity contribution in [3.05, 3.63) is 83.0 Å². The minimum atomic E-state index is -0.339. The van der Waals surface area contributed by atoms with Crippen molar-refractivity contribution in [1.29, 1.82) is 0 Å². The first-order valence-electron chi connectivity index (χ1n) is 10.7. The van der Waals surface area contributed by atoms with Gasteiger partial charge in [-0.05, 0) is 61.2 Å². The van der Waals surface area contributed by atoms with E-state index in [4.69, 9.17) is 13.9 Å². The molecular formula is C26H26N2O4. The first-order chi connectivity index (χ1) is 15.6. The van der Waals surface area contributed by atoms with Crippen LogP contribution < -0.4 is 20.1 Å². The van der Waals surface area contributed by atoms with Crippen LogP contribution in [-0.4, -0.2) is 20.0 Å². The second-order valence-electron chi connectivity index (χ2n) is 8.23. The van der Waals surface area contributed by atoms with Gasteiger partial charge in [0, 0.05) is 17.7 Å². The fourth-order valence-corrected chi connectivity index (χ4v) is 4.66. The van der Waals surface area contributed by atoms with E-state index in [1.54, 1.807) is 14.2 Å². The lowest BCUT2D eigenvalue weighted by atomic mass is 9.79. The van der Waals surface area contributed by atoms with E-state index < -0.39 is 0 Å². The predicted octanol–water partition coefficient (Wildman–Crippen LogP) is 5.58. The van der Waals surface area contributed by atoms with Crippen LogP contribution in [0.25, 0.3) is 0 Å². The molecule has 32 heavy (non-hydrogen) atoms. The van der Waals surface area contributed by atoms with Gasteiger partial charge in [-0.2, -0.15) is 0 Å². The molecule has 0 radical (unpaired) electrons. The number of furan rings is 1. The molecule has 1 aliphatic carbocycles. The summed E-state index contributed by atoms with van der Waals surface area (Å²) in [6.07, 6.45) is 1.13. The highest BCUT2D eigenvalue weighted by atomic mass is 16.5. The number of carbonyl (C=O) groups excluding carboxylic acids is 1. The van der Waals surface area contributed by atoms with E-state index in [1.807, 2.05) is 61.5 Å². The Morgan fingerprint density at radius 3 is 2.44 bits per heavy atom. The molecule has 6 nitrogen and oxygen atoms in total. The number of methoxy groups -OCH3 is 2. The van der Waals surface area contributed by atoms with Gasteiger partial charge in [-0.25, -0.2) is 0 Å². The van der Waals surface area contributed by atoms with Gasteiger partial charge in [-0.15, -0.1) is 0 Å². The van der Waals surface area contributed by atoms with Crippen LogP contribution in [0.4, 0.5) is 11.4 Å². The van der Waals surface area contributed by atoms with Gasteiger partial charge in [-0.1, -0.05) is 18.2 Å². The number of aryl methyl sites for hydroxylation is 1. The van der Waals surface area contributed by atoms with Gasteiger partial charge < -0.3 is 24.5 Å². The van der Waals surface area contributed by atoms with Crippen molar-refractivity contribution in [2.24, 2.45) is 0 Å². The number of ketones is 1. The molecule has 6 heteroatoms. The molecule has 0 saturated carbocycles. The van der Waals surface area contributed by atoms with Crippen molar-refractivity contribution in [3.8, 4) is 11.5 Å². The standard InChI is InChI=1S/C26H26N2O4/c1-15-8-10-23(32-15)26-25-20(27-18-6-4-5-7-19(18)28-26)12-17(13-21(25)29)16-9-11-22(30-2)24(14-16)31-3/h4-11,14,17,26-28H,12-13H2,1-3H3/t17-,26+/m0/s1. The molecule has 2 aliphatic rings. The molecule has 0 spiro atoms. The molecule has 0 fully saturated rings. The van der Waals surface area contributed by atoms with Crippen LogP contribution in [0, 0.1) is 6.92 Å². The number of para-hydroxylation sites is 2. The molecule has 0 unspecified atom stereocenters. The van der Waals surface area contributed by atoms with E-state index >= 15 is 0 Å². The maximum absolute atomic E-state index is 13.5. The Balaban J connectivity index is 1.57. The predicted molar refractivity (Wildman–Crippen MR) is 123 cm³/mol. The molecule has 2 aromatic carbocycles. The van der Waals surface area contributed by atoms with Crippen LogP contribution >= 0.6 is 0 Å². The summed E-state index contributed by atoms with van der Waals surface area (Å²) >= 11 is 0. The molecular weight excluding hydrogens is 404 g/mol. The van der Waals surface area contributed by atoms with E-state index in [2.05, 4.69) is 10.6 Å². The third-order valence-corrected chi connectivity index (χ3v) is 6.23. The minimum Gasteiger partial charge on any atom is -0.493 e. The Bertz CT molecular complexity index is 1210. The van der Waals surface area contributed by atoms with Gasteiger partial charge in [-0.3, -0.25) is 4.79 Å². The third-order valence-electron chi connectivity index (χ3n) is 6.23. The Morgan fingerprint density at radius 1 is 0.938 bits per heavy atom. The summed E-state index contributed by atoms with van der Waals surface area (Å²) in [4.78, 5) is 13.5. The lowest BCUT2D eigenvalue weighted by molar-refractivity contribution is -0.116. The molecule has 0 saturated heterocycles. The number of rotatable bonds is 4. The fraction of sp³-hybridized carbons (Fsp3) is 0.269. The normalized spacial score (nSPS) is 19.9. The number of hydrogen-bond acceptors (Lipinski definition) is 6. The van der Waals surface area contributed by atoms with Crippen molar-refractivity contribution in [2.45, 2.75) is 31.7 Å². The molecule has 1 aliphatic heterocycles. The van der Waals surface area contributed by atoms with Crippen LogP contribution in [-0.2, 0) is 4.79 Å². The molecule has 0 bridgehead atoms. The second-order valence-corrected chi connectivity index (χ2v) is 8.23. The van der Waals surface area contributed by atoms with Gasteiger partial charge in [0.25, 0.3) is 0 Å². The summed E-state index contributed by atoms with van der Waals surface area (Å²) < 4.78 is 16.8. The number of Topliss-reactive ketones (excluding diaryl/α,β-unsaturated/α-hetero) is 1. The highest BCUT2D eigenvalue weighted by Crippen LogP contribution is 2.45. The molecule has 2 atom stereocenters. The van der Waals surface area contributed by atoms with Gasteiger partial charge in [0.05, 0.1) is 25.6 Å². The van der Waals surface area contributed by atoms with E-state index in [0.717, 1.165) is 39.7 Å². The maximum atomic E-state index is 13.5. The summed E-state index contributed by atoms with van der Waals surface area (Å²) in [6.45, 7) is 1.91. The average Bonchev–Trinajstić information content (AvgIpc) is 3.16. The molecule has 2 heterocycles. The largest absolute Gasteiger partial charge is 0.493 e. The highest BCUT2D eigenvalue weighted by molar-refractivity contribution is 6.01. The number of ether oxygens (including phenoxy) is 2. The number of fused-ring (bicyclic) bond motifs is 1. The quantitative estimate of drug-likeness (QED) is 0.563. The van der Waals surface area contributed by atoms with Crippen molar-refractivity contribution < 1.29 is 18.7 Å². The van der Waals surface area contributed by atoms with Crippen LogP contribution in [0.15, 0.2) is 70.3 Å². The molecule has 164 valence electrons. The van der Waals surface area contributed by atoms with Gasteiger partial charge in [0.2, 0.25) is 0 Å². The van der Waals surface area contributed by atoms with Crippen LogP contribution in [0.5, 0.6) is 11.5 Å². The van der Waals surface area contributed by atoms with E-state index in [-0.39, 0.29) is 17.7 Å². The maximum Gasteiger partial charge on any atom is 0.163 e. The number of benzene rings is 2. The zero-order chi connectivity index (χ0) is 22.2. The SMILES string of the molecule is COc1ccc([C@@H]2CC(=O)C3=C(C2)Nc2ccccc2N[C@@H]3c2ccc(C)o2)cc1OC. The lowest BCUT2D eigenvalue weighted by Crippen LogP contribution is -2.26. The van der Waals surface area contributed by atoms with Crippen LogP contribution in [0.1, 0.15) is 41.9 Å². The molecule has 3 aromatic rings. The van der Waals surface area contributed by atoms with Crippen molar-refractivity contribution >= 4 is 17.2 Å². The van der Waals surface area contributed by atoms with Crippen molar-refractivity contribution in [1.82, 2.24) is 0 Å². The zero-order valence-electron chi connectivity index (χ0n) is 18.4. The van der Waals surface area contributed by atoms with E-state index in [9.17, 15) is 4.79 Å². The molecule has 0 amide bonds. The first kappa shape index (κ1) is 20.2. The monoisotopic (exact) mass is 430 g/mol. The summed E-state index contributed by atoms with van der Waals surface area (Å²) in [5.74, 6) is 3.06. The number of anilines is 2. The summed E-state index contributed by atoms with van der Waals surface area (Å²) in [5, 5.41) is 7.08. The Hall–Kier alpha value is -3.67. The molecule has 2 N–H and O–H groups in total. The van der Waals surface area contributed by atoms with Gasteiger partial charge in [0.1, 0.15) is 17.6 Å². The zero-order valence-corrected chi connectivity index (χ0v) is 18.4.